The van der Waals surface area contributed by atoms with Crippen molar-refractivity contribution in [2.75, 3.05) is 11.1 Å². The third-order valence-electron chi connectivity index (χ3n) is 4.00. The maximum absolute atomic E-state index is 12.5. The highest BCUT2D eigenvalue weighted by Crippen LogP contribution is 2.32. The highest BCUT2D eigenvalue weighted by molar-refractivity contribution is 9.11. The minimum absolute atomic E-state index is 0.138. The smallest absolute Gasteiger partial charge is 0.234 e. The Morgan fingerprint density at radius 1 is 1.23 bits per heavy atom. The molecular weight excluding hydrogens is 532 g/mol. The molecular formula is C21H20Br2N4O2S. The summed E-state index contributed by atoms with van der Waals surface area (Å²) in [6, 6.07) is 13.4. The molecule has 3 aromatic rings. The van der Waals surface area contributed by atoms with Crippen LogP contribution < -0.4 is 10.1 Å². The molecule has 0 aliphatic heterocycles. The Morgan fingerprint density at radius 2 is 1.93 bits per heavy atom. The zero-order valence-corrected chi connectivity index (χ0v) is 20.3. The number of hydrogen-bond acceptors (Lipinski definition) is 5. The molecule has 0 aliphatic carbocycles. The van der Waals surface area contributed by atoms with E-state index >= 15 is 0 Å². The van der Waals surface area contributed by atoms with E-state index in [9.17, 15) is 4.79 Å². The summed E-state index contributed by atoms with van der Waals surface area (Å²) in [6.45, 7) is 6.59. The zero-order valence-electron chi connectivity index (χ0n) is 16.3. The predicted octanol–water partition coefficient (Wildman–Crippen LogP) is 5.61. The summed E-state index contributed by atoms with van der Waals surface area (Å²) < 4.78 is 9.32. The lowest BCUT2D eigenvalue weighted by Gasteiger charge is -2.11. The first kappa shape index (κ1) is 22.6. The number of aromatic nitrogens is 3. The first-order valence-corrected chi connectivity index (χ1v) is 11.6. The number of nitrogens with one attached hydrogen (secondary N) is 1. The standard InChI is InChI=1S/C21H20Br2N4O2S/c1-3-9-27-18(12-29-15-7-5-4-6-8-15)25-26-21(27)30-13-19(28)24-20-16(22)10-14(2)11-17(20)23/h3-8,10-11H,1,9,12-13H2,2H3,(H,24,28). The SMILES string of the molecule is C=CCn1c(COc2ccccc2)nnc1SCC(=O)Nc1c(Br)cc(C)cc1Br. The van der Waals surface area contributed by atoms with Crippen LogP contribution in [0.15, 0.2) is 69.2 Å². The van der Waals surface area contributed by atoms with E-state index in [1.54, 1.807) is 6.08 Å². The van der Waals surface area contributed by atoms with Gasteiger partial charge in [0.15, 0.2) is 11.0 Å². The van der Waals surface area contributed by atoms with E-state index in [2.05, 4.69) is 54.0 Å². The van der Waals surface area contributed by atoms with Gasteiger partial charge in [0.05, 0.1) is 11.4 Å². The minimum Gasteiger partial charge on any atom is -0.486 e. The zero-order chi connectivity index (χ0) is 21.5. The number of ether oxygens (including phenoxy) is 1. The predicted molar refractivity (Wildman–Crippen MR) is 127 cm³/mol. The molecule has 0 radical (unpaired) electrons. The van der Waals surface area contributed by atoms with Gasteiger partial charge in [-0.05, 0) is 68.6 Å². The van der Waals surface area contributed by atoms with E-state index in [1.165, 1.54) is 11.8 Å². The van der Waals surface area contributed by atoms with Crippen molar-refractivity contribution >= 4 is 55.2 Å². The fraction of sp³-hybridized carbons (Fsp3) is 0.190. The van der Waals surface area contributed by atoms with Crippen LogP contribution >= 0.6 is 43.6 Å². The van der Waals surface area contributed by atoms with Crippen molar-refractivity contribution in [3.8, 4) is 5.75 Å². The number of carbonyl (C=O) groups excluding carboxylic acids is 1. The van der Waals surface area contributed by atoms with Crippen LogP contribution in [-0.4, -0.2) is 26.4 Å². The van der Waals surface area contributed by atoms with Crippen molar-refractivity contribution in [2.24, 2.45) is 0 Å². The second-order valence-electron chi connectivity index (χ2n) is 6.34. The molecule has 9 heteroatoms. The third-order valence-corrected chi connectivity index (χ3v) is 6.22. The van der Waals surface area contributed by atoms with Gasteiger partial charge >= 0.3 is 0 Å². The Labute approximate surface area is 196 Å². The number of rotatable bonds is 9. The van der Waals surface area contributed by atoms with Gasteiger partial charge in [-0.3, -0.25) is 9.36 Å². The van der Waals surface area contributed by atoms with Gasteiger partial charge in [0.25, 0.3) is 0 Å². The molecule has 6 nitrogen and oxygen atoms in total. The molecule has 156 valence electrons. The Balaban J connectivity index is 1.64. The average molecular weight is 552 g/mol. The first-order chi connectivity index (χ1) is 14.5. The second-order valence-corrected chi connectivity index (χ2v) is 8.99. The molecule has 3 rings (SSSR count). The monoisotopic (exact) mass is 550 g/mol. The minimum atomic E-state index is -0.138. The number of benzene rings is 2. The number of amides is 1. The van der Waals surface area contributed by atoms with Gasteiger partial charge in [0, 0.05) is 15.5 Å². The molecule has 0 saturated heterocycles. The first-order valence-electron chi connectivity index (χ1n) is 9.07. The lowest BCUT2D eigenvalue weighted by atomic mass is 10.2. The van der Waals surface area contributed by atoms with Crippen molar-refractivity contribution in [1.82, 2.24) is 14.8 Å². The number of thioether (sulfide) groups is 1. The van der Waals surface area contributed by atoms with Crippen LogP contribution in [0.2, 0.25) is 0 Å². The topological polar surface area (TPSA) is 69.0 Å². The van der Waals surface area contributed by atoms with Gasteiger partial charge in [-0.15, -0.1) is 16.8 Å². The Morgan fingerprint density at radius 3 is 2.60 bits per heavy atom. The normalized spacial score (nSPS) is 10.6. The largest absolute Gasteiger partial charge is 0.486 e. The van der Waals surface area contributed by atoms with Crippen molar-refractivity contribution in [1.29, 1.82) is 0 Å². The molecule has 0 unspecified atom stereocenters. The van der Waals surface area contributed by atoms with Gasteiger partial charge in [0.1, 0.15) is 12.4 Å². The molecule has 1 heterocycles. The molecule has 0 aliphatic rings. The number of allylic oxidation sites excluding steroid dienone is 1. The molecule has 30 heavy (non-hydrogen) atoms. The summed E-state index contributed by atoms with van der Waals surface area (Å²) >= 11 is 8.30. The van der Waals surface area contributed by atoms with Gasteiger partial charge in [-0.2, -0.15) is 0 Å². The maximum atomic E-state index is 12.5. The Bertz CT molecular complexity index is 1020. The molecule has 1 N–H and O–H groups in total. The van der Waals surface area contributed by atoms with E-state index in [0.29, 0.717) is 23.2 Å². The molecule has 0 spiro atoms. The number of hydrogen-bond donors (Lipinski definition) is 1. The lowest BCUT2D eigenvalue weighted by molar-refractivity contribution is -0.113. The highest BCUT2D eigenvalue weighted by atomic mass is 79.9. The van der Waals surface area contributed by atoms with E-state index in [-0.39, 0.29) is 18.3 Å². The number of para-hydroxylation sites is 1. The van der Waals surface area contributed by atoms with Crippen molar-refractivity contribution in [3.05, 3.63) is 75.5 Å². The average Bonchev–Trinajstić information content (AvgIpc) is 3.10. The summed E-state index contributed by atoms with van der Waals surface area (Å²) in [6.07, 6.45) is 1.76. The highest BCUT2D eigenvalue weighted by Gasteiger charge is 2.15. The van der Waals surface area contributed by atoms with Crippen LogP contribution in [0.3, 0.4) is 0 Å². The summed E-state index contributed by atoms with van der Waals surface area (Å²) in [7, 11) is 0. The van der Waals surface area contributed by atoms with Gasteiger partial charge in [-0.1, -0.05) is 36.0 Å². The number of aryl methyl sites for hydroxylation is 1. The summed E-state index contributed by atoms with van der Waals surface area (Å²) in [5, 5.41) is 12.0. The van der Waals surface area contributed by atoms with Crippen molar-refractivity contribution in [3.63, 3.8) is 0 Å². The summed E-state index contributed by atoms with van der Waals surface area (Å²) in [4.78, 5) is 12.5. The van der Waals surface area contributed by atoms with E-state index in [4.69, 9.17) is 4.74 Å². The van der Waals surface area contributed by atoms with Crippen molar-refractivity contribution in [2.45, 2.75) is 25.2 Å². The quantitative estimate of drug-likeness (QED) is 0.276. The molecule has 0 atom stereocenters. The van der Waals surface area contributed by atoms with Crippen LogP contribution in [0.5, 0.6) is 5.75 Å². The Hall–Kier alpha value is -2.10. The molecule has 1 amide bonds. The lowest BCUT2D eigenvalue weighted by Crippen LogP contribution is -2.16. The van der Waals surface area contributed by atoms with Crippen LogP contribution in [-0.2, 0) is 17.9 Å². The fourth-order valence-electron chi connectivity index (χ4n) is 2.63. The van der Waals surface area contributed by atoms with Crippen LogP contribution in [0.25, 0.3) is 0 Å². The van der Waals surface area contributed by atoms with E-state index in [0.717, 1.165) is 20.3 Å². The number of carbonyl (C=O) groups is 1. The number of anilines is 1. The molecule has 0 bridgehead atoms. The number of nitrogens with zero attached hydrogens (tertiary/aromatic N) is 3. The molecule has 2 aromatic carbocycles. The van der Waals surface area contributed by atoms with E-state index < -0.39 is 0 Å². The third kappa shape index (κ3) is 5.96. The Kier molecular flexibility index (Phi) is 8.12. The molecule has 0 fully saturated rings. The van der Waals surface area contributed by atoms with Crippen molar-refractivity contribution < 1.29 is 9.53 Å². The van der Waals surface area contributed by atoms with Crippen LogP contribution in [0.1, 0.15) is 11.4 Å². The second kappa shape index (κ2) is 10.8. The van der Waals surface area contributed by atoms with E-state index in [1.807, 2.05) is 54.0 Å². The van der Waals surface area contributed by atoms with Crippen LogP contribution in [0.4, 0.5) is 5.69 Å². The maximum Gasteiger partial charge on any atom is 0.234 e. The van der Waals surface area contributed by atoms with Gasteiger partial charge in [-0.25, -0.2) is 0 Å². The number of halogens is 2. The van der Waals surface area contributed by atoms with Gasteiger partial charge < -0.3 is 10.1 Å². The molecule has 1 aromatic heterocycles. The van der Waals surface area contributed by atoms with Gasteiger partial charge in [0.2, 0.25) is 5.91 Å². The molecule has 0 saturated carbocycles. The fourth-order valence-corrected chi connectivity index (χ4v) is 5.01. The van der Waals surface area contributed by atoms with Crippen LogP contribution in [0, 0.1) is 6.92 Å². The summed E-state index contributed by atoms with van der Waals surface area (Å²) in [5.74, 6) is 1.49. The summed E-state index contributed by atoms with van der Waals surface area (Å²) in [5.41, 5.74) is 1.79.